The van der Waals surface area contributed by atoms with Gasteiger partial charge in [-0.1, -0.05) is 13.0 Å². The van der Waals surface area contributed by atoms with E-state index in [1.165, 1.54) is 0 Å². The lowest BCUT2D eigenvalue weighted by atomic mass is 10.3. The maximum atomic E-state index is 5.49. The Labute approximate surface area is 56.2 Å². The fraction of sp³-hybridized carbons (Fsp3) is 0.429. The second-order valence-electron chi connectivity index (χ2n) is 2.00. The molecule has 0 rings (SSSR count). The van der Waals surface area contributed by atoms with Crippen LogP contribution >= 0.6 is 0 Å². The van der Waals surface area contributed by atoms with E-state index in [9.17, 15) is 0 Å². The highest BCUT2D eigenvalue weighted by atomic mass is 14.6. The Morgan fingerprint density at radius 1 is 1.44 bits per heavy atom. The molecule has 0 radical (unpaired) electrons. The van der Waals surface area contributed by atoms with Crippen LogP contribution in [0.2, 0.25) is 0 Å². The highest BCUT2D eigenvalue weighted by Gasteiger charge is 1.80. The molecule has 9 heavy (non-hydrogen) atoms. The predicted molar refractivity (Wildman–Crippen MR) is 40.5 cm³/mol. The lowest BCUT2D eigenvalue weighted by Gasteiger charge is -1.91. The Bertz CT molecular complexity index is 130. The fourth-order valence-electron chi connectivity index (χ4n) is 0.558. The maximum absolute atomic E-state index is 5.49. The summed E-state index contributed by atoms with van der Waals surface area (Å²) in [7, 11) is 0. The van der Waals surface area contributed by atoms with E-state index in [1.54, 1.807) is 6.08 Å². The zero-order chi connectivity index (χ0) is 7.28. The van der Waals surface area contributed by atoms with Crippen LogP contribution in [0.5, 0.6) is 0 Å². The molecule has 0 spiro atoms. The minimum absolute atomic E-state index is 0.747. The van der Waals surface area contributed by atoms with Gasteiger partial charge in [0.15, 0.2) is 0 Å². The van der Waals surface area contributed by atoms with Crippen molar-refractivity contribution in [2.45, 2.75) is 20.3 Å². The van der Waals surface area contributed by atoms with Crippen LogP contribution < -0.4 is 11.5 Å². The third-order valence-electron chi connectivity index (χ3n) is 0.834. The molecule has 0 aromatic heterocycles. The van der Waals surface area contributed by atoms with Gasteiger partial charge in [0.25, 0.3) is 0 Å². The minimum atomic E-state index is 0.747. The fourth-order valence-corrected chi connectivity index (χ4v) is 0.558. The van der Waals surface area contributed by atoms with Crippen LogP contribution in [0.4, 0.5) is 0 Å². The van der Waals surface area contributed by atoms with Crippen molar-refractivity contribution in [3.63, 3.8) is 0 Å². The van der Waals surface area contributed by atoms with Crippen LogP contribution in [0, 0.1) is 0 Å². The second kappa shape index (κ2) is 4.01. The molecule has 0 amide bonds. The Morgan fingerprint density at radius 2 is 2.00 bits per heavy atom. The van der Waals surface area contributed by atoms with E-state index in [2.05, 4.69) is 0 Å². The molecule has 0 aliphatic rings. The van der Waals surface area contributed by atoms with Crippen molar-refractivity contribution in [1.82, 2.24) is 0 Å². The monoisotopic (exact) mass is 126 g/mol. The van der Waals surface area contributed by atoms with Gasteiger partial charge < -0.3 is 11.5 Å². The van der Waals surface area contributed by atoms with Gasteiger partial charge >= 0.3 is 0 Å². The van der Waals surface area contributed by atoms with E-state index < -0.39 is 0 Å². The number of allylic oxidation sites excluding steroid dienone is 3. The van der Waals surface area contributed by atoms with Crippen LogP contribution in [0.1, 0.15) is 20.3 Å². The molecule has 0 aliphatic heterocycles. The molecule has 0 heterocycles. The van der Waals surface area contributed by atoms with Gasteiger partial charge in [-0.05, 0) is 19.4 Å². The normalized spacial score (nSPS) is 14.0. The first kappa shape index (κ1) is 8.08. The van der Waals surface area contributed by atoms with E-state index >= 15 is 0 Å². The molecule has 0 aromatic carbocycles. The molecule has 0 atom stereocenters. The number of hydrogen-bond donors (Lipinski definition) is 2. The van der Waals surface area contributed by atoms with Gasteiger partial charge in [0.2, 0.25) is 0 Å². The molecule has 52 valence electrons. The zero-order valence-electron chi connectivity index (χ0n) is 6.02. The minimum Gasteiger partial charge on any atom is -0.402 e. The number of hydrogen-bond acceptors (Lipinski definition) is 2. The van der Waals surface area contributed by atoms with Crippen LogP contribution in [0.3, 0.4) is 0 Å². The van der Waals surface area contributed by atoms with E-state index in [1.807, 2.05) is 19.9 Å². The second-order valence-corrected chi connectivity index (χ2v) is 2.00. The van der Waals surface area contributed by atoms with Crippen molar-refractivity contribution in [3.8, 4) is 0 Å². The summed E-state index contributed by atoms with van der Waals surface area (Å²) in [6.07, 6.45) is 4.63. The first-order valence-corrected chi connectivity index (χ1v) is 3.06. The third kappa shape index (κ3) is 4.94. The van der Waals surface area contributed by atoms with E-state index in [4.69, 9.17) is 11.5 Å². The summed E-state index contributed by atoms with van der Waals surface area (Å²) < 4.78 is 0. The predicted octanol–water partition coefficient (Wildman–Crippen LogP) is 1.10. The highest BCUT2D eigenvalue weighted by molar-refractivity contribution is 5.17. The largest absolute Gasteiger partial charge is 0.402 e. The topological polar surface area (TPSA) is 52.0 Å². The number of rotatable bonds is 2. The van der Waals surface area contributed by atoms with Crippen LogP contribution in [0.15, 0.2) is 23.5 Å². The van der Waals surface area contributed by atoms with Gasteiger partial charge in [0, 0.05) is 11.4 Å². The number of nitrogens with two attached hydrogens (primary N) is 2. The van der Waals surface area contributed by atoms with Crippen molar-refractivity contribution in [1.29, 1.82) is 0 Å². The molecule has 0 saturated carbocycles. The standard InChI is InChI=1S/C7H14N2/c1-3-4-7(9)5-6(2)8/h4-5H,3,8-9H2,1-2H3/b6-5+,7-4+. The van der Waals surface area contributed by atoms with Crippen molar-refractivity contribution >= 4 is 0 Å². The molecule has 2 nitrogen and oxygen atoms in total. The van der Waals surface area contributed by atoms with Gasteiger partial charge in [-0.2, -0.15) is 0 Å². The lowest BCUT2D eigenvalue weighted by Crippen LogP contribution is -1.97. The van der Waals surface area contributed by atoms with Gasteiger partial charge in [-0.3, -0.25) is 0 Å². The first-order valence-electron chi connectivity index (χ1n) is 3.06. The Morgan fingerprint density at radius 3 is 2.33 bits per heavy atom. The Balaban J connectivity index is 3.90. The molecule has 0 bridgehead atoms. The van der Waals surface area contributed by atoms with Gasteiger partial charge in [0.1, 0.15) is 0 Å². The molecule has 0 aliphatic carbocycles. The van der Waals surface area contributed by atoms with Crippen molar-refractivity contribution in [2.75, 3.05) is 0 Å². The van der Waals surface area contributed by atoms with E-state index in [0.29, 0.717) is 0 Å². The Hall–Kier alpha value is -0.920. The molecule has 0 unspecified atom stereocenters. The first-order chi connectivity index (χ1) is 4.16. The lowest BCUT2D eigenvalue weighted by molar-refractivity contribution is 1.17. The summed E-state index contributed by atoms with van der Waals surface area (Å²) in [5.74, 6) is 0. The molecule has 0 saturated heterocycles. The van der Waals surface area contributed by atoms with Crippen molar-refractivity contribution < 1.29 is 0 Å². The highest BCUT2D eigenvalue weighted by Crippen LogP contribution is 1.91. The summed E-state index contributed by atoms with van der Waals surface area (Å²) in [4.78, 5) is 0. The zero-order valence-corrected chi connectivity index (χ0v) is 6.02. The van der Waals surface area contributed by atoms with Crippen LogP contribution in [0.25, 0.3) is 0 Å². The average molecular weight is 126 g/mol. The summed E-state index contributed by atoms with van der Waals surface area (Å²) >= 11 is 0. The molecule has 2 heteroatoms. The molecule has 0 aromatic rings. The van der Waals surface area contributed by atoms with E-state index in [-0.39, 0.29) is 0 Å². The Kier molecular flexibility index (Phi) is 3.60. The maximum Gasteiger partial charge on any atom is 0.0290 e. The molecular formula is C7H14N2. The third-order valence-corrected chi connectivity index (χ3v) is 0.834. The average Bonchev–Trinajstić information content (AvgIpc) is 1.63. The van der Waals surface area contributed by atoms with Crippen LogP contribution in [-0.4, -0.2) is 0 Å². The summed E-state index contributed by atoms with van der Waals surface area (Å²) in [6, 6.07) is 0. The van der Waals surface area contributed by atoms with Crippen LogP contribution in [-0.2, 0) is 0 Å². The molecule has 4 N–H and O–H groups in total. The quantitative estimate of drug-likeness (QED) is 0.544. The summed E-state index contributed by atoms with van der Waals surface area (Å²) in [6.45, 7) is 3.85. The smallest absolute Gasteiger partial charge is 0.0290 e. The van der Waals surface area contributed by atoms with Gasteiger partial charge in [0.05, 0.1) is 0 Å². The molecule has 0 fully saturated rings. The van der Waals surface area contributed by atoms with Gasteiger partial charge in [-0.15, -0.1) is 0 Å². The summed E-state index contributed by atoms with van der Waals surface area (Å²) in [5, 5.41) is 0. The van der Waals surface area contributed by atoms with Crippen molar-refractivity contribution in [2.24, 2.45) is 11.5 Å². The molecular weight excluding hydrogens is 112 g/mol. The van der Waals surface area contributed by atoms with Gasteiger partial charge in [-0.25, -0.2) is 0 Å². The summed E-state index contributed by atoms with van der Waals surface area (Å²) in [5.41, 5.74) is 12.3. The SMILES string of the molecule is CC/C=C(N)\C=C(/C)N. The van der Waals surface area contributed by atoms with Crippen molar-refractivity contribution in [3.05, 3.63) is 23.5 Å². The van der Waals surface area contributed by atoms with E-state index in [0.717, 1.165) is 17.8 Å².